The van der Waals surface area contributed by atoms with Crippen molar-refractivity contribution in [3.63, 3.8) is 0 Å². The number of nitrogens with one attached hydrogen (secondary N) is 1. The Balaban J connectivity index is 1.47. The highest BCUT2D eigenvalue weighted by Crippen LogP contribution is 2.36. The fourth-order valence-corrected chi connectivity index (χ4v) is 5.65. The Labute approximate surface area is 254 Å². The number of aliphatic hydroxyl groups excluding tert-OH is 1. The number of aromatic nitrogens is 3. The van der Waals surface area contributed by atoms with Crippen LogP contribution in [0.15, 0.2) is 41.6 Å². The van der Waals surface area contributed by atoms with Gasteiger partial charge in [-0.25, -0.2) is 9.37 Å². The van der Waals surface area contributed by atoms with Gasteiger partial charge in [0.1, 0.15) is 12.2 Å². The molecule has 4 aromatic rings. The van der Waals surface area contributed by atoms with Crippen LogP contribution >= 0.6 is 11.6 Å². The number of benzene rings is 2. The van der Waals surface area contributed by atoms with Gasteiger partial charge in [-0.1, -0.05) is 11.6 Å². The van der Waals surface area contributed by atoms with Crippen molar-refractivity contribution in [1.82, 2.24) is 19.0 Å². The van der Waals surface area contributed by atoms with Gasteiger partial charge in [-0.2, -0.15) is 4.39 Å². The van der Waals surface area contributed by atoms with Crippen LogP contribution in [0.5, 0.6) is 5.75 Å². The molecule has 0 saturated carbocycles. The van der Waals surface area contributed by atoms with Crippen molar-refractivity contribution in [3.05, 3.63) is 69.4 Å². The van der Waals surface area contributed by atoms with Crippen LogP contribution in [-0.2, 0) is 18.4 Å². The van der Waals surface area contributed by atoms with Gasteiger partial charge in [-0.05, 0) is 31.2 Å². The molecule has 5 N–H and O–H groups in total. The Bertz CT molecular complexity index is 1840. The fourth-order valence-electron chi connectivity index (χ4n) is 5.48. The number of anilines is 2. The predicted molar refractivity (Wildman–Crippen MR) is 161 cm³/mol. The largest absolute Gasteiger partial charge is 0.504 e. The number of aryl methyl sites for hydroxylation is 1. The number of fused-ring (bicyclic) bond motifs is 1. The van der Waals surface area contributed by atoms with Crippen molar-refractivity contribution in [2.24, 2.45) is 12.8 Å². The van der Waals surface area contributed by atoms with E-state index in [-0.39, 0.29) is 29.2 Å². The molecule has 44 heavy (non-hydrogen) atoms. The van der Waals surface area contributed by atoms with Crippen LogP contribution in [-0.4, -0.2) is 79.9 Å². The minimum atomic E-state index is -1.71. The Morgan fingerprint density at radius 1 is 1.18 bits per heavy atom. The summed E-state index contributed by atoms with van der Waals surface area (Å²) in [5.41, 5.74) is 4.44. The molecule has 3 heterocycles. The number of β-amino-alcohol motifs (C(OH)–C–C–N with tert-alkyl or cyclic N) is 1. The van der Waals surface area contributed by atoms with Crippen molar-refractivity contribution in [3.8, 4) is 16.9 Å². The van der Waals surface area contributed by atoms with Crippen molar-refractivity contribution < 1.29 is 28.6 Å². The number of nitrogens with zero attached hydrogens (tertiary/aromatic N) is 5. The smallest absolute Gasteiger partial charge is 0.263 e. The molecule has 1 aliphatic rings. The van der Waals surface area contributed by atoms with E-state index in [1.807, 2.05) is 6.07 Å². The number of nitrogens with two attached hydrogens (primary N) is 1. The maximum atomic E-state index is 15.1. The van der Waals surface area contributed by atoms with E-state index in [9.17, 15) is 29.0 Å². The van der Waals surface area contributed by atoms with E-state index in [2.05, 4.69) is 27.0 Å². The number of hydrogen-bond acceptors (Lipinski definition) is 8. The van der Waals surface area contributed by atoms with Crippen molar-refractivity contribution in [2.75, 3.05) is 43.0 Å². The summed E-state index contributed by atoms with van der Waals surface area (Å²) in [6.45, 7) is 4.58. The highest BCUT2D eigenvalue weighted by Gasteiger charge is 2.27. The minimum Gasteiger partial charge on any atom is -0.504 e. The van der Waals surface area contributed by atoms with Crippen LogP contribution in [0.25, 0.3) is 22.2 Å². The molecule has 0 unspecified atom stereocenters. The van der Waals surface area contributed by atoms with Crippen LogP contribution in [0.3, 0.4) is 0 Å². The third-order valence-corrected chi connectivity index (χ3v) is 8.00. The second-order valence-corrected chi connectivity index (χ2v) is 11.0. The fraction of sp³-hybridized carbons (Fsp3) is 0.310. The van der Waals surface area contributed by atoms with Crippen LogP contribution in [0.1, 0.15) is 17.3 Å². The molecular formula is C29H30ClF2N7O5. The van der Waals surface area contributed by atoms with Gasteiger partial charge in [-0.15, -0.1) is 0 Å². The first-order valence-electron chi connectivity index (χ1n) is 13.7. The van der Waals surface area contributed by atoms with E-state index in [0.717, 1.165) is 29.4 Å². The van der Waals surface area contributed by atoms with Crippen LogP contribution in [0.2, 0.25) is 5.02 Å². The lowest BCUT2D eigenvalue weighted by molar-refractivity contribution is -0.116. The molecule has 1 atom stereocenters. The number of halogens is 3. The average Bonchev–Trinajstić information content (AvgIpc) is 3.33. The molecule has 2 aromatic carbocycles. The number of hydrogen-bond donors (Lipinski definition) is 4. The quantitative estimate of drug-likeness (QED) is 0.231. The number of rotatable bonds is 8. The maximum Gasteiger partial charge on any atom is 0.263 e. The molecule has 1 saturated heterocycles. The molecule has 2 amide bonds. The second-order valence-electron chi connectivity index (χ2n) is 10.6. The van der Waals surface area contributed by atoms with Crippen LogP contribution in [0, 0.1) is 11.6 Å². The SMILES string of the molecule is C[C@H]1CN(CCO)CCN1c1ccc(Cl)c(NC(=O)Cn2cc(-c3cc(C(N)=O)c(O)c(F)c3F)c3c(=O)n(C)cnc32)c1. The highest BCUT2D eigenvalue weighted by atomic mass is 35.5. The van der Waals surface area contributed by atoms with E-state index in [1.165, 1.54) is 24.1 Å². The molecule has 0 spiro atoms. The summed E-state index contributed by atoms with van der Waals surface area (Å²) < 4.78 is 32.1. The number of piperazine rings is 1. The Kier molecular flexibility index (Phi) is 8.59. The zero-order chi connectivity index (χ0) is 31.9. The number of carbonyl (C=O) groups excluding carboxylic acids is 2. The van der Waals surface area contributed by atoms with Gasteiger partial charge in [0.25, 0.3) is 11.5 Å². The Hall–Kier alpha value is -4.53. The number of amides is 2. The molecule has 2 aromatic heterocycles. The van der Waals surface area contributed by atoms with E-state index in [0.29, 0.717) is 23.8 Å². The summed E-state index contributed by atoms with van der Waals surface area (Å²) in [7, 11) is 1.41. The zero-order valence-electron chi connectivity index (χ0n) is 23.9. The lowest BCUT2D eigenvalue weighted by Crippen LogP contribution is -2.52. The van der Waals surface area contributed by atoms with Crippen molar-refractivity contribution in [2.45, 2.75) is 19.5 Å². The number of aromatic hydroxyl groups is 1. The molecule has 0 radical (unpaired) electrons. The van der Waals surface area contributed by atoms with E-state index >= 15 is 4.39 Å². The molecule has 232 valence electrons. The van der Waals surface area contributed by atoms with E-state index in [1.54, 1.807) is 12.1 Å². The minimum absolute atomic E-state index is 0.00109. The maximum absolute atomic E-state index is 15.1. The highest BCUT2D eigenvalue weighted by molar-refractivity contribution is 6.33. The molecular weight excluding hydrogens is 600 g/mol. The predicted octanol–water partition coefficient (Wildman–Crippen LogP) is 2.28. The topological polar surface area (TPSA) is 159 Å². The first-order chi connectivity index (χ1) is 20.9. The van der Waals surface area contributed by atoms with Gasteiger partial charge in [0.05, 0.1) is 34.6 Å². The normalized spacial score (nSPS) is 15.6. The monoisotopic (exact) mass is 629 g/mol. The third kappa shape index (κ3) is 5.70. The average molecular weight is 630 g/mol. The van der Waals surface area contributed by atoms with E-state index in [4.69, 9.17) is 17.3 Å². The first-order valence-corrected chi connectivity index (χ1v) is 14.0. The van der Waals surface area contributed by atoms with Crippen LogP contribution in [0.4, 0.5) is 20.2 Å². The third-order valence-electron chi connectivity index (χ3n) is 7.67. The van der Waals surface area contributed by atoms with Gasteiger partial charge in [0.2, 0.25) is 11.7 Å². The van der Waals surface area contributed by atoms with E-state index < -0.39 is 52.4 Å². The summed E-state index contributed by atoms with van der Waals surface area (Å²) >= 11 is 6.42. The van der Waals surface area contributed by atoms with Gasteiger partial charge < -0.3 is 35.3 Å². The van der Waals surface area contributed by atoms with Gasteiger partial charge in [-0.3, -0.25) is 19.3 Å². The molecule has 0 bridgehead atoms. The van der Waals surface area contributed by atoms with Crippen molar-refractivity contribution in [1.29, 1.82) is 0 Å². The first kappa shape index (κ1) is 30.9. The van der Waals surface area contributed by atoms with Crippen molar-refractivity contribution >= 4 is 45.8 Å². The summed E-state index contributed by atoms with van der Waals surface area (Å²) in [4.78, 5) is 46.8. The lowest BCUT2D eigenvalue weighted by Gasteiger charge is -2.41. The second kappa shape index (κ2) is 12.2. The molecule has 5 rings (SSSR count). The number of aliphatic hydroxyl groups is 1. The Morgan fingerprint density at radius 3 is 2.61 bits per heavy atom. The summed E-state index contributed by atoms with van der Waals surface area (Å²) in [6, 6.07) is 6.27. The molecule has 15 heteroatoms. The van der Waals surface area contributed by atoms with Gasteiger partial charge >= 0.3 is 0 Å². The Morgan fingerprint density at radius 2 is 1.93 bits per heavy atom. The standard InChI is InChI=1S/C29H30ClF2N7O5/c1-15-11-37(7-8-40)5-6-39(15)16-3-4-20(30)21(9-16)35-22(41)13-38-12-19(23-28(38)34-14-36(2)29(23)44)17-10-18(27(33)43)26(42)25(32)24(17)31/h3-4,9-10,12,14-15,40,42H,5-8,11,13H2,1-2H3,(H2,33,43)(H,35,41)/t15-/m0/s1. The summed E-state index contributed by atoms with van der Waals surface area (Å²) in [5, 5.41) is 22.1. The molecule has 0 aliphatic carbocycles. The zero-order valence-corrected chi connectivity index (χ0v) is 24.6. The molecule has 12 nitrogen and oxygen atoms in total. The summed E-state index contributed by atoms with van der Waals surface area (Å²) in [6.07, 6.45) is 2.46. The molecule has 1 fully saturated rings. The number of phenols is 1. The number of primary amides is 1. The number of carbonyl (C=O) groups is 2. The van der Waals surface area contributed by atoms with Gasteiger partial charge in [0, 0.05) is 62.3 Å². The van der Waals surface area contributed by atoms with Gasteiger partial charge in [0.15, 0.2) is 11.6 Å². The van der Waals surface area contributed by atoms with Crippen LogP contribution < -0.4 is 21.5 Å². The molecule has 1 aliphatic heterocycles. The summed E-state index contributed by atoms with van der Waals surface area (Å²) in [5.74, 6) is -6.25. The lowest BCUT2D eigenvalue weighted by atomic mass is 10.0.